The minimum atomic E-state index is -0.964. The first-order valence-corrected chi connectivity index (χ1v) is 11.7. The third-order valence-electron chi connectivity index (χ3n) is 6.59. The van der Waals surface area contributed by atoms with Gasteiger partial charge in [0.25, 0.3) is 11.8 Å². The highest BCUT2D eigenvalue weighted by Crippen LogP contribution is 2.34. The van der Waals surface area contributed by atoms with Crippen molar-refractivity contribution in [1.82, 2.24) is 25.2 Å². The SMILES string of the molecule is Cc1cccc(CNC(=O)c2cc(C(=O)N[C@H]3CCc4c3ccc(C(=O)O)c4C)n3nccc3n2)c1. The van der Waals surface area contributed by atoms with E-state index in [1.807, 2.05) is 31.2 Å². The number of aryl methyl sites for hydroxylation is 1. The van der Waals surface area contributed by atoms with Crippen molar-refractivity contribution in [2.45, 2.75) is 39.3 Å². The van der Waals surface area contributed by atoms with Crippen molar-refractivity contribution in [3.8, 4) is 0 Å². The van der Waals surface area contributed by atoms with Crippen LogP contribution in [0.3, 0.4) is 0 Å². The standard InChI is InChI=1S/C27H25N5O4/c1-15-4-3-5-17(12-15)14-28-25(33)22-13-23(32-24(30-22)10-11-29-32)26(34)31-21-9-8-18-16(2)19(27(35)36)6-7-20(18)21/h3-7,10-13,21H,8-9,14H2,1-2H3,(H,28,33)(H,31,34)(H,35,36)/t21-/m0/s1. The number of benzene rings is 2. The lowest BCUT2D eigenvalue weighted by Gasteiger charge is -2.16. The average molecular weight is 484 g/mol. The van der Waals surface area contributed by atoms with Gasteiger partial charge in [-0.2, -0.15) is 5.10 Å². The molecule has 0 spiro atoms. The van der Waals surface area contributed by atoms with E-state index in [1.54, 1.807) is 25.1 Å². The van der Waals surface area contributed by atoms with Crippen molar-refractivity contribution in [3.63, 3.8) is 0 Å². The molecule has 9 nitrogen and oxygen atoms in total. The summed E-state index contributed by atoms with van der Waals surface area (Å²) in [5.74, 6) is -1.75. The fourth-order valence-corrected chi connectivity index (χ4v) is 4.78. The second-order valence-electron chi connectivity index (χ2n) is 8.98. The van der Waals surface area contributed by atoms with Gasteiger partial charge in [0, 0.05) is 18.7 Å². The summed E-state index contributed by atoms with van der Waals surface area (Å²) in [5, 5.41) is 19.5. The predicted octanol–water partition coefficient (Wildman–Crippen LogP) is 3.39. The Bertz CT molecular complexity index is 1520. The predicted molar refractivity (Wildman–Crippen MR) is 132 cm³/mol. The Kier molecular flexibility index (Phi) is 5.97. The number of carbonyl (C=O) groups is 3. The van der Waals surface area contributed by atoms with Crippen LogP contribution in [-0.2, 0) is 13.0 Å². The Morgan fingerprint density at radius 3 is 2.69 bits per heavy atom. The van der Waals surface area contributed by atoms with Gasteiger partial charge < -0.3 is 15.7 Å². The Labute approximate surface area is 207 Å². The molecule has 2 amide bonds. The number of nitrogens with zero attached hydrogens (tertiary/aromatic N) is 3. The molecule has 0 radical (unpaired) electrons. The van der Waals surface area contributed by atoms with Crippen LogP contribution in [0.1, 0.15) is 71.6 Å². The van der Waals surface area contributed by atoms with E-state index >= 15 is 0 Å². The van der Waals surface area contributed by atoms with Gasteiger partial charge in [-0.05, 0) is 55.0 Å². The largest absolute Gasteiger partial charge is 0.478 e. The van der Waals surface area contributed by atoms with Gasteiger partial charge in [-0.3, -0.25) is 9.59 Å². The van der Waals surface area contributed by atoms with Gasteiger partial charge in [-0.15, -0.1) is 0 Å². The van der Waals surface area contributed by atoms with Crippen LogP contribution >= 0.6 is 0 Å². The minimum absolute atomic E-state index is 0.120. The number of rotatable bonds is 6. The summed E-state index contributed by atoms with van der Waals surface area (Å²) in [7, 11) is 0. The van der Waals surface area contributed by atoms with Crippen LogP contribution in [0.25, 0.3) is 5.65 Å². The summed E-state index contributed by atoms with van der Waals surface area (Å²) in [6.45, 7) is 4.12. The van der Waals surface area contributed by atoms with Gasteiger partial charge in [-0.25, -0.2) is 14.3 Å². The number of fused-ring (bicyclic) bond motifs is 2. The number of aromatic carboxylic acids is 1. The van der Waals surface area contributed by atoms with Crippen molar-refractivity contribution in [1.29, 1.82) is 0 Å². The van der Waals surface area contributed by atoms with E-state index < -0.39 is 17.8 Å². The molecule has 1 aliphatic rings. The zero-order valence-corrected chi connectivity index (χ0v) is 19.9. The number of aromatic nitrogens is 3. The molecule has 182 valence electrons. The van der Waals surface area contributed by atoms with Crippen molar-refractivity contribution >= 4 is 23.4 Å². The Balaban J connectivity index is 1.38. The summed E-state index contributed by atoms with van der Waals surface area (Å²) in [6.07, 6.45) is 2.85. The quantitative estimate of drug-likeness (QED) is 0.386. The van der Waals surface area contributed by atoms with Crippen molar-refractivity contribution in [3.05, 3.63) is 99.5 Å². The highest BCUT2D eigenvalue weighted by atomic mass is 16.4. The third-order valence-corrected chi connectivity index (χ3v) is 6.59. The molecule has 0 saturated heterocycles. The molecule has 5 rings (SSSR count). The first-order valence-electron chi connectivity index (χ1n) is 11.7. The number of carboxylic acid groups (broad SMARTS) is 1. The maximum absolute atomic E-state index is 13.3. The maximum Gasteiger partial charge on any atom is 0.335 e. The summed E-state index contributed by atoms with van der Waals surface area (Å²) in [6, 6.07) is 14.0. The molecule has 2 aromatic heterocycles. The number of carboxylic acids is 1. The van der Waals surface area contributed by atoms with Gasteiger partial charge in [0.2, 0.25) is 0 Å². The molecule has 0 fully saturated rings. The van der Waals surface area contributed by atoms with Gasteiger partial charge in [0.1, 0.15) is 11.4 Å². The van der Waals surface area contributed by atoms with Crippen molar-refractivity contribution in [2.24, 2.45) is 0 Å². The molecule has 36 heavy (non-hydrogen) atoms. The van der Waals surface area contributed by atoms with Crippen LogP contribution in [0.2, 0.25) is 0 Å². The Morgan fingerprint density at radius 2 is 1.92 bits per heavy atom. The number of nitrogens with one attached hydrogen (secondary N) is 2. The first-order chi connectivity index (χ1) is 17.3. The van der Waals surface area contributed by atoms with Gasteiger partial charge in [0.15, 0.2) is 5.65 Å². The summed E-state index contributed by atoms with van der Waals surface area (Å²) < 4.78 is 1.40. The van der Waals surface area contributed by atoms with E-state index in [0.29, 0.717) is 25.0 Å². The second kappa shape index (κ2) is 9.26. The number of hydrogen-bond donors (Lipinski definition) is 3. The maximum atomic E-state index is 13.3. The molecule has 1 aliphatic carbocycles. The van der Waals surface area contributed by atoms with E-state index in [2.05, 4.69) is 20.7 Å². The van der Waals surface area contributed by atoms with Crippen LogP contribution in [-0.4, -0.2) is 37.5 Å². The summed E-state index contributed by atoms with van der Waals surface area (Å²) >= 11 is 0. The Morgan fingerprint density at radius 1 is 1.08 bits per heavy atom. The molecule has 4 aromatic rings. The molecule has 2 heterocycles. The normalized spacial score (nSPS) is 14.4. The van der Waals surface area contributed by atoms with Crippen LogP contribution in [0.15, 0.2) is 54.7 Å². The summed E-state index contributed by atoms with van der Waals surface area (Å²) in [5.41, 5.74) is 5.63. The lowest BCUT2D eigenvalue weighted by atomic mass is 9.98. The van der Waals surface area contributed by atoms with Crippen LogP contribution in [0, 0.1) is 13.8 Å². The lowest BCUT2D eigenvalue weighted by Crippen LogP contribution is -2.30. The van der Waals surface area contributed by atoms with E-state index in [-0.39, 0.29) is 23.0 Å². The molecule has 9 heteroatoms. The molecule has 3 N–H and O–H groups in total. The highest BCUT2D eigenvalue weighted by molar-refractivity contribution is 5.98. The monoisotopic (exact) mass is 483 g/mol. The Hall–Kier alpha value is -4.53. The average Bonchev–Trinajstić information content (AvgIpc) is 3.49. The smallest absolute Gasteiger partial charge is 0.335 e. The van der Waals surface area contributed by atoms with E-state index in [1.165, 1.54) is 16.8 Å². The lowest BCUT2D eigenvalue weighted by molar-refractivity contribution is 0.0695. The number of carbonyl (C=O) groups excluding carboxylic acids is 2. The molecule has 0 aliphatic heterocycles. The molecule has 1 atom stereocenters. The third kappa shape index (κ3) is 4.31. The molecule has 0 unspecified atom stereocenters. The van der Waals surface area contributed by atoms with Crippen molar-refractivity contribution < 1.29 is 19.5 Å². The van der Waals surface area contributed by atoms with E-state index in [4.69, 9.17) is 0 Å². The number of amides is 2. The highest BCUT2D eigenvalue weighted by Gasteiger charge is 2.28. The molecule has 2 aromatic carbocycles. The summed E-state index contributed by atoms with van der Waals surface area (Å²) in [4.78, 5) is 42.1. The van der Waals surface area contributed by atoms with Gasteiger partial charge in [-0.1, -0.05) is 35.9 Å². The molecule has 0 saturated carbocycles. The fourth-order valence-electron chi connectivity index (χ4n) is 4.78. The zero-order chi connectivity index (χ0) is 25.4. The second-order valence-corrected chi connectivity index (χ2v) is 8.98. The topological polar surface area (TPSA) is 126 Å². The number of hydrogen-bond acceptors (Lipinski definition) is 5. The molecular weight excluding hydrogens is 458 g/mol. The fraction of sp³-hybridized carbons (Fsp3) is 0.222. The van der Waals surface area contributed by atoms with E-state index in [0.717, 1.165) is 27.8 Å². The minimum Gasteiger partial charge on any atom is -0.478 e. The van der Waals surface area contributed by atoms with Crippen LogP contribution in [0.5, 0.6) is 0 Å². The van der Waals surface area contributed by atoms with Crippen molar-refractivity contribution in [2.75, 3.05) is 0 Å². The van der Waals surface area contributed by atoms with Gasteiger partial charge in [0.05, 0.1) is 17.8 Å². The molecule has 0 bridgehead atoms. The zero-order valence-electron chi connectivity index (χ0n) is 19.9. The van der Waals surface area contributed by atoms with Gasteiger partial charge >= 0.3 is 5.97 Å². The van der Waals surface area contributed by atoms with Crippen LogP contribution in [0.4, 0.5) is 0 Å². The van der Waals surface area contributed by atoms with E-state index in [9.17, 15) is 19.5 Å². The first kappa shape index (κ1) is 23.2. The molecular formula is C27H25N5O4. The van der Waals surface area contributed by atoms with Crippen LogP contribution < -0.4 is 10.6 Å².